The van der Waals surface area contributed by atoms with Crippen LogP contribution in [0.5, 0.6) is 0 Å². The second kappa shape index (κ2) is 3.95. The van der Waals surface area contributed by atoms with E-state index in [-0.39, 0.29) is 17.5 Å². The van der Waals surface area contributed by atoms with Crippen molar-refractivity contribution < 1.29 is 17.9 Å². The third-order valence-electron chi connectivity index (χ3n) is 2.22. The Labute approximate surface area is 96.8 Å². The SMILES string of the molecule is O=C1N[C@H](c2cccc(S(=O)(=O)Cl)c2)CO1. The van der Waals surface area contributed by atoms with E-state index in [2.05, 4.69) is 5.32 Å². The molecule has 0 aromatic heterocycles. The third-order valence-corrected chi connectivity index (χ3v) is 3.57. The number of carbonyl (C=O) groups excluding carboxylic acids is 1. The topological polar surface area (TPSA) is 72.5 Å². The smallest absolute Gasteiger partial charge is 0.407 e. The molecule has 1 aromatic carbocycles. The van der Waals surface area contributed by atoms with Crippen molar-refractivity contribution in [3.05, 3.63) is 29.8 Å². The highest BCUT2D eigenvalue weighted by atomic mass is 35.7. The number of ether oxygens (including phenoxy) is 1. The average molecular weight is 262 g/mol. The van der Waals surface area contributed by atoms with Gasteiger partial charge in [-0.25, -0.2) is 13.2 Å². The van der Waals surface area contributed by atoms with E-state index >= 15 is 0 Å². The quantitative estimate of drug-likeness (QED) is 0.817. The Bertz CT molecular complexity index is 528. The van der Waals surface area contributed by atoms with Gasteiger partial charge in [0, 0.05) is 10.7 Å². The van der Waals surface area contributed by atoms with Crippen LogP contribution >= 0.6 is 10.7 Å². The van der Waals surface area contributed by atoms with Crippen molar-refractivity contribution in [2.45, 2.75) is 10.9 Å². The number of rotatable bonds is 2. The summed E-state index contributed by atoms with van der Waals surface area (Å²) >= 11 is 0. The zero-order chi connectivity index (χ0) is 11.8. The van der Waals surface area contributed by atoms with Gasteiger partial charge in [0.05, 0.1) is 10.9 Å². The first-order valence-corrected chi connectivity index (χ1v) is 6.75. The van der Waals surface area contributed by atoms with Crippen molar-refractivity contribution in [2.24, 2.45) is 0 Å². The van der Waals surface area contributed by atoms with E-state index in [9.17, 15) is 13.2 Å². The van der Waals surface area contributed by atoms with Gasteiger partial charge in [-0.2, -0.15) is 0 Å². The number of amides is 1. The van der Waals surface area contributed by atoms with Crippen molar-refractivity contribution in [1.82, 2.24) is 5.32 Å². The summed E-state index contributed by atoms with van der Waals surface area (Å²) < 4.78 is 26.9. The number of carbonyl (C=O) groups is 1. The molecule has 0 unspecified atom stereocenters. The lowest BCUT2D eigenvalue weighted by Crippen LogP contribution is -2.18. The van der Waals surface area contributed by atoms with Crippen molar-refractivity contribution >= 4 is 25.8 Å². The lowest BCUT2D eigenvalue weighted by molar-refractivity contribution is 0.177. The number of hydrogen-bond acceptors (Lipinski definition) is 4. The van der Waals surface area contributed by atoms with Crippen LogP contribution in [-0.2, 0) is 13.8 Å². The molecule has 1 amide bonds. The number of alkyl carbamates (subject to hydrolysis) is 1. The molecule has 7 heteroatoms. The Morgan fingerprint density at radius 3 is 2.75 bits per heavy atom. The molecule has 86 valence electrons. The van der Waals surface area contributed by atoms with Gasteiger partial charge >= 0.3 is 6.09 Å². The standard InChI is InChI=1S/C9H8ClNO4S/c10-16(13,14)7-3-1-2-6(4-7)8-5-15-9(12)11-8/h1-4,8H,5H2,(H,11,12)/t8-/m0/s1. The fourth-order valence-corrected chi connectivity index (χ4v) is 2.25. The minimum absolute atomic E-state index is 0.00724. The van der Waals surface area contributed by atoms with E-state index in [1.54, 1.807) is 12.1 Å². The maximum absolute atomic E-state index is 11.1. The number of benzene rings is 1. The second-order valence-electron chi connectivity index (χ2n) is 3.31. The minimum atomic E-state index is -3.75. The van der Waals surface area contributed by atoms with E-state index in [1.807, 2.05) is 0 Å². The number of nitrogens with one attached hydrogen (secondary N) is 1. The zero-order valence-corrected chi connectivity index (χ0v) is 9.59. The lowest BCUT2D eigenvalue weighted by atomic mass is 10.1. The maximum atomic E-state index is 11.1. The molecule has 1 heterocycles. The van der Waals surface area contributed by atoms with E-state index < -0.39 is 15.1 Å². The van der Waals surface area contributed by atoms with Gasteiger partial charge in [-0.3, -0.25) is 0 Å². The zero-order valence-electron chi connectivity index (χ0n) is 8.01. The van der Waals surface area contributed by atoms with E-state index in [0.29, 0.717) is 5.56 Å². The van der Waals surface area contributed by atoms with Crippen LogP contribution in [0.4, 0.5) is 4.79 Å². The normalized spacial score (nSPS) is 20.3. The number of hydrogen-bond donors (Lipinski definition) is 1. The molecular weight excluding hydrogens is 254 g/mol. The van der Waals surface area contributed by atoms with Gasteiger partial charge in [0.1, 0.15) is 6.61 Å². The highest BCUT2D eigenvalue weighted by Gasteiger charge is 2.24. The Kier molecular flexibility index (Phi) is 2.77. The Balaban J connectivity index is 2.33. The summed E-state index contributed by atoms with van der Waals surface area (Å²) in [6, 6.07) is 5.75. The largest absolute Gasteiger partial charge is 0.447 e. The summed E-state index contributed by atoms with van der Waals surface area (Å²) in [6.45, 7) is 0.185. The first-order chi connectivity index (χ1) is 7.47. The molecule has 0 radical (unpaired) electrons. The van der Waals surface area contributed by atoms with Crippen molar-refractivity contribution in [3.63, 3.8) is 0 Å². The highest BCUT2D eigenvalue weighted by Crippen LogP contribution is 2.22. The molecule has 1 aliphatic heterocycles. The summed E-state index contributed by atoms with van der Waals surface area (Å²) in [4.78, 5) is 10.8. The summed E-state index contributed by atoms with van der Waals surface area (Å²) in [7, 11) is 1.47. The van der Waals surface area contributed by atoms with E-state index in [1.165, 1.54) is 12.1 Å². The number of cyclic esters (lactones) is 1. The fraction of sp³-hybridized carbons (Fsp3) is 0.222. The van der Waals surface area contributed by atoms with Crippen molar-refractivity contribution in [2.75, 3.05) is 6.61 Å². The maximum Gasteiger partial charge on any atom is 0.407 e. The summed E-state index contributed by atoms with van der Waals surface area (Å²) in [5.41, 5.74) is 0.646. The molecule has 1 aliphatic rings. The van der Waals surface area contributed by atoms with E-state index in [4.69, 9.17) is 15.4 Å². The molecular formula is C9H8ClNO4S. The van der Waals surface area contributed by atoms with Gasteiger partial charge in [-0.15, -0.1) is 0 Å². The monoisotopic (exact) mass is 261 g/mol. The number of halogens is 1. The van der Waals surface area contributed by atoms with Gasteiger partial charge < -0.3 is 10.1 Å². The molecule has 1 saturated heterocycles. The molecule has 0 saturated carbocycles. The minimum Gasteiger partial charge on any atom is -0.447 e. The molecule has 0 aliphatic carbocycles. The Morgan fingerprint density at radius 1 is 1.44 bits per heavy atom. The third kappa shape index (κ3) is 2.28. The van der Waals surface area contributed by atoms with Crippen LogP contribution in [0.25, 0.3) is 0 Å². The second-order valence-corrected chi connectivity index (χ2v) is 5.87. The van der Waals surface area contributed by atoms with Crippen LogP contribution in [0.1, 0.15) is 11.6 Å². The molecule has 0 spiro atoms. The van der Waals surface area contributed by atoms with Gasteiger partial charge in [-0.1, -0.05) is 12.1 Å². The van der Waals surface area contributed by atoms with Crippen LogP contribution < -0.4 is 5.32 Å². The first-order valence-electron chi connectivity index (χ1n) is 4.45. The summed E-state index contributed by atoms with van der Waals surface area (Å²) in [5, 5.41) is 2.55. The Morgan fingerprint density at radius 2 is 2.19 bits per heavy atom. The first kappa shape index (κ1) is 11.2. The molecule has 1 aromatic rings. The van der Waals surface area contributed by atoms with Crippen molar-refractivity contribution in [1.29, 1.82) is 0 Å². The molecule has 16 heavy (non-hydrogen) atoms. The molecule has 5 nitrogen and oxygen atoms in total. The highest BCUT2D eigenvalue weighted by molar-refractivity contribution is 8.13. The van der Waals surface area contributed by atoms with Crippen LogP contribution in [0.2, 0.25) is 0 Å². The van der Waals surface area contributed by atoms with Gasteiger partial charge in [0.2, 0.25) is 0 Å². The van der Waals surface area contributed by atoms with Gasteiger partial charge in [0.15, 0.2) is 0 Å². The predicted octanol–water partition coefficient (Wildman–Crippen LogP) is 1.40. The van der Waals surface area contributed by atoms with Crippen LogP contribution in [0.3, 0.4) is 0 Å². The molecule has 1 N–H and O–H groups in total. The predicted molar refractivity (Wildman–Crippen MR) is 56.7 cm³/mol. The van der Waals surface area contributed by atoms with Gasteiger partial charge in [-0.05, 0) is 17.7 Å². The lowest BCUT2D eigenvalue weighted by Gasteiger charge is -2.08. The summed E-state index contributed by atoms with van der Waals surface area (Å²) in [5.74, 6) is 0. The molecule has 2 rings (SSSR count). The van der Waals surface area contributed by atoms with E-state index in [0.717, 1.165) is 0 Å². The fourth-order valence-electron chi connectivity index (χ4n) is 1.45. The van der Waals surface area contributed by atoms with Gasteiger partial charge in [0.25, 0.3) is 9.05 Å². The summed E-state index contributed by atoms with van der Waals surface area (Å²) in [6.07, 6.45) is -0.510. The molecule has 0 bridgehead atoms. The van der Waals surface area contributed by atoms with Crippen LogP contribution in [0.15, 0.2) is 29.2 Å². The molecule has 1 fully saturated rings. The van der Waals surface area contributed by atoms with Crippen LogP contribution in [-0.4, -0.2) is 21.1 Å². The van der Waals surface area contributed by atoms with Crippen LogP contribution in [0, 0.1) is 0 Å². The Hall–Kier alpha value is -1.27. The average Bonchev–Trinajstić information content (AvgIpc) is 2.64. The van der Waals surface area contributed by atoms with Crippen molar-refractivity contribution in [3.8, 4) is 0 Å². The molecule has 1 atom stereocenters.